The van der Waals surface area contributed by atoms with Gasteiger partial charge >= 0.3 is 0 Å². The monoisotopic (exact) mass is 442 g/mol. The maximum absolute atomic E-state index is 13.0. The van der Waals surface area contributed by atoms with E-state index in [1.54, 1.807) is 30.7 Å². The van der Waals surface area contributed by atoms with Crippen LogP contribution in [-0.2, 0) is 13.0 Å². The molecule has 1 N–H and O–H groups in total. The summed E-state index contributed by atoms with van der Waals surface area (Å²) in [6.07, 6.45) is 5.66. The van der Waals surface area contributed by atoms with E-state index >= 15 is 0 Å². The van der Waals surface area contributed by atoms with Gasteiger partial charge in [0.1, 0.15) is 0 Å². The maximum Gasteiger partial charge on any atom is 0.279 e. The summed E-state index contributed by atoms with van der Waals surface area (Å²) < 4.78 is 2.95. The van der Waals surface area contributed by atoms with Crippen LogP contribution in [0.3, 0.4) is 0 Å². The van der Waals surface area contributed by atoms with E-state index in [4.69, 9.17) is 11.6 Å². The standard InChI is InChI=1S/C23H19ClN2O3.ClH/c1-2-16-7-3-4-9-18(16)19-14-25-10-11-26(13-15-6-5-8-17(24)12-15)23(29)20(25)22(28)21(19)27;/h3-12,14,28H,2,13H2,1H3;1H. The highest BCUT2D eigenvalue weighted by molar-refractivity contribution is 6.30. The molecule has 0 amide bonds. The van der Waals surface area contributed by atoms with Crippen LogP contribution >= 0.6 is 24.0 Å². The number of aryl methyl sites for hydroxylation is 1. The first-order chi connectivity index (χ1) is 14.0. The number of benzene rings is 2. The van der Waals surface area contributed by atoms with Crippen LogP contribution in [0, 0.1) is 0 Å². The number of halogens is 2. The Kier molecular flexibility index (Phi) is 6.34. The number of aromatic nitrogens is 2. The molecule has 0 saturated carbocycles. The highest BCUT2D eigenvalue weighted by atomic mass is 35.5. The third kappa shape index (κ3) is 3.86. The predicted molar refractivity (Wildman–Crippen MR) is 122 cm³/mol. The number of rotatable bonds is 4. The van der Waals surface area contributed by atoms with Crippen LogP contribution in [0.1, 0.15) is 18.1 Å². The van der Waals surface area contributed by atoms with Crippen molar-refractivity contribution in [1.82, 2.24) is 8.97 Å². The fourth-order valence-electron chi connectivity index (χ4n) is 3.54. The van der Waals surface area contributed by atoms with E-state index in [-0.39, 0.29) is 24.5 Å². The molecule has 5 nitrogen and oxygen atoms in total. The molecule has 2 heterocycles. The van der Waals surface area contributed by atoms with Crippen LogP contribution in [0.15, 0.2) is 76.7 Å². The van der Waals surface area contributed by atoms with Gasteiger partial charge in [-0.15, -0.1) is 12.4 Å². The Morgan fingerprint density at radius 2 is 1.77 bits per heavy atom. The quantitative estimate of drug-likeness (QED) is 0.505. The number of nitrogens with zero attached hydrogens (tertiary/aromatic N) is 2. The fraction of sp³-hybridized carbons (Fsp3) is 0.130. The molecular weight excluding hydrogens is 423 g/mol. The van der Waals surface area contributed by atoms with Crippen molar-refractivity contribution in [2.45, 2.75) is 19.9 Å². The van der Waals surface area contributed by atoms with Gasteiger partial charge in [0.2, 0.25) is 5.43 Å². The molecule has 30 heavy (non-hydrogen) atoms. The van der Waals surface area contributed by atoms with Gasteiger partial charge in [-0.1, -0.05) is 54.9 Å². The Labute approximate surface area is 184 Å². The van der Waals surface area contributed by atoms with Crippen molar-refractivity contribution in [3.8, 4) is 16.9 Å². The Bertz CT molecular complexity index is 1340. The lowest BCUT2D eigenvalue weighted by atomic mass is 9.99. The van der Waals surface area contributed by atoms with E-state index in [1.165, 1.54) is 8.97 Å². The van der Waals surface area contributed by atoms with E-state index in [0.717, 1.165) is 23.1 Å². The van der Waals surface area contributed by atoms with E-state index < -0.39 is 16.7 Å². The summed E-state index contributed by atoms with van der Waals surface area (Å²) in [6, 6.07) is 14.8. The molecule has 0 aliphatic carbocycles. The van der Waals surface area contributed by atoms with Gasteiger partial charge in [-0.05, 0) is 35.2 Å². The van der Waals surface area contributed by atoms with Crippen LogP contribution in [0.4, 0.5) is 0 Å². The average Bonchev–Trinajstić information content (AvgIpc) is 2.72. The van der Waals surface area contributed by atoms with Crippen LogP contribution in [0.25, 0.3) is 16.6 Å². The van der Waals surface area contributed by atoms with Gasteiger partial charge in [0.15, 0.2) is 11.3 Å². The number of hydrogen-bond donors (Lipinski definition) is 1. The van der Waals surface area contributed by atoms with Crippen LogP contribution < -0.4 is 11.0 Å². The van der Waals surface area contributed by atoms with Crippen molar-refractivity contribution >= 4 is 29.5 Å². The first-order valence-electron chi connectivity index (χ1n) is 9.29. The number of aromatic hydroxyl groups is 1. The van der Waals surface area contributed by atoms with Crippen LogP contribution in [0.5, 0.6) is 5.75 Å². The van der Waals surface area contributed by atoms with Crippen molar-refractivity contribution < 1.29 is 5.11 Å². The maximum atomic E-state index is 13.0. The molecule has 0 radical (unpaired) electrons. The van der Waals surface area contributed by atoms with E-state index in [1.807, 2.05) is 43.3 Å². The van der Waals surface area contributed by atoms with Gasteiger partial charge < -0.3 is 14.1 Å². The summed E-state index contributed by atoms with van der Waals surface area (Å²) in [6.45, 7) is 2.29. The molecule has 0 atom stereocenters. The minimum atomic E-state index is -0.552. The minimum Gasteiger partial charge on any atom is -0.503 e. The second-order valence-electron chi connectivity index (χ2n) is 6.85. The van der Waals surface area contributed by atoms with E-state index in [2.05, 4.69) is 0 Å². The molecule has 2 aromatic carbocycles. The van der Waals surface area contributed by atoms with Crippen LogP contribution in [0.2, 0.25) is 5.02 Å². The van der Waals surface area contributed by atoms with Crippen molar-refractivity contribution in [2.24, 2.45) is 0 Å². The second kappa shape index (κ2) is 8.78. The van der Waals surface area contributed by atoms with Crippen LogP contribution in [-0.4, -0.2) is 14.1 Å². The van der Waals surface area contributed by atoms with Gasteiger partial charge in [-0.2, -0.15) is 0 Å². The number of pyridine rings is 1. The summed E-state index contributed by atoms with van der Waals surface area (Å²) in [7, 11) is 0. The molecule has 7 heteroatoms. The zero-order valence-electron chi connectivity index (χ0n) is 16.2. The molecule has 0 fully saturated rings. The highest BCUT2D eigenvalue weighted by Gasteiger charge is 2.17. The molecule has 2 aromatic heterocycles. The summed E-state index contributed by atoms with van der Waals surface area (Å²) in [5.41, 5.74) is 1.92. The molecule has 0 bridgehead atoms. The minimum absolute atomic E-state index is 0. The Balaban J connectivity index is 0.00000256. The Hall–Kier alpha value is -3.02. The zero-order valence-corrected chi connectivity index (χ0v) is 17.8. The Morgan fingerprint density at radius 1 is 1.00 bits per heavy atom. The molecule has 0 saturated heterocycles. The van der Waals surface area contributed by atoms with Gasteiger partial charge in [0.05, 0.1) is 12.1 Å². The summed E-state index contributed by atoms with van der Waals surface area (Å²) in [4.78, 5) is 25.9. The second-order valence-corrected chi connectivity index (χ2v) is 7.28. The summed E-state index contributed by atoms with van der Waals surface area (Å²) in [5, 5.41) is 11.2. The zero-order chi connectivity index (χ0) is 20.5. The third-order valence-electron chi connectivity index (χ3n) is 5.01. The molecular formula is C23H20Cl2N2O3. The first kappa shape index (κ1) is 21.7. The van der Waals surface area contributed by atoms with Gasteiger partial charge in [0, 0.05) is 23.6 Å². The predicted octanol–water partition coefficient (Wildman–Crippen LogP) is 4.52. The fourth-order valence-corrected chi connectivity index (χ4v) is 3.76. The van der Waals surface area contributed by atoms with Gasteiger partial charge in [-0.3, -0.25) is 9.59 Å². The summed E-state index contributed by atoms with van der Waals surface area (Å²) >= 11 is 6.02. The van der Waals surface area contributed by atoms with E-state index in [0.29, 0.717) is 10.6 Å². The third-order valence-corrected chi connectivity index (χ3v) is 5.25. The van der Waals surface area contributed by atoms with Crippen molar-refractivity contribution in [1.29, 1.82) is 0 Å². The molecule has 154 valence electrons. The highest BCUT2D eigenvalue weighted by Crippen LogP contribution is 2.24. The Morgan fingerprint density at radius 3 is 2.50 bits per heavy atom. The molecule has 0 aliphatic heterocycles. The lowest BCUT2D eigenvalue weighted by Crippen LogP contribution is -2.24. The van der Waals surface area contributed by atoms with E-state index in [9.17, 15) is 14.7 Å². The lowest BCUT2D eigenvalue weighted by molar-refractivity contribution is 0.472. The van der Waals surface area contributed by atoms with Crippen molar-refractivity contribution in [2.75, 3.05) is 0 Å². The summed E-state index contributed by atoms with van der Waals surface area (Å²) in [5.74, 6) is -0.543. The lowest BCUT2D eigenvalue weighted by Gasteiger charge is -2.13. The average molecular weight is 443 g/mol. The molecule has 0 spiro atoms. The smallest absolute Gasteiger partial charge is 0.279 e. The van der Waals surface area contributed by atoms with Gasteiger partial charge in [0.25, 0.3) is 5.56 Å². The number of fused-ring (bicyclic) bond motifs is 1. The first-order valence-corrected chi connectivity index (χ1v) is 9.67. The van der Waals surface area contributed by atoms with Gasteiger partial charge in [-0.25, -0.2) is 0 Å². The molecule has 4 aromatic rings. The molecule has 4 rings (SSSR count). The normalized spacial score (nSPS) is 10.7. The molecule has 0 unspecified atom stereocenters. The van der Waals surface area contributed by atoms with Crippen molar-refractivity contribution in [3.05, 3.63) is 104 Å². The topological polar surface area (TPSA) is 63.7 Å². The molecule has 0 aliphatic rings. The SMILES string of the molecule is CCc1ccccc1-c1cn2ccn(Cc3cccc(Cl)c3)c(=O)c2c(O)c1=O.Cl. The number of hydrogen-bond acceptors (Lipinski definition) is 3. The van der Waals surface area contributed by atoms with Crippen molar-refractivity contribution in [3.63, 3.8) is 0 Å². The largest absolute Gasteiger partial charge is 0.503 e.